The SMILES string of the molecule is O=C(Nc1ccc(S(=O)(=O)O)c(Nc2cc(S(=O)(=O)O)cc3cc(S(=O)(=O)O)cc(O)c23)c1)c1ccc2nc(Cl)c(Cl)nc2c1. The number of hydrogen-bond donors (Lipinski definition) is 6. The summed E-state index contributed by atoms with van der Waals surface area (Å²) in [5, 5.41) is 15.0. The maximum Gasteiger partial charge on any atom is 0.296 e. The van der Waals surface area contributed by atoms with Crippen molar-refractivity contribution >= 4 is 98.3 Å². The maximum atomic E-state index is 13.0. The quantitative estimate of drug-likeness (QED) is 0.127. The normalized spacial score (nSPS) is 12.4. The molecule has 20 heteroatoms. The van der Waals surface area contributed by atoms with Gasteiger partial charge in [0.1, 0.15) is 10.6 Å². The summed E-state index contributed by atoms with van der Waals surface area (Å²) in [6, 6.07) is 10.3. The molecule has 1 heterocycles. The van der Waals surface area contributed by atoms with E-state index in [0.29, 0.717) is 11.6 Å². The fourth-order valence-electron chi connectivity index (χ4n) is 4.27. The van der Waals surface area contributed by atoms with Gasteiger partial charge in [-0.25, -0.2) is 9.97 Å². The third-order valence-corrected chi connectivity index (χ3v) is 9.40. The number of aromatic hydroxyl groups is 1. The number of amides is 1. The van der Waals surface area contributed by atoms with Crippen LogP contribution in [-0.2, 0) is 30.4 Å². The number of phenols is 1. The van der Waals surface area contributed by atoms with Crippen LogP contribution in [0.15, 0.2) is 75.4 Å². The molecule has 0 saturated heterocycles. The molecule has 0 spiro atoms. The van der Waals surface area contributed by atoms with E-state index in [1.54, 1.807) is 0 Å². The predicted octanol–water partition coefficient (Wildman–Crippen LogP) is 4.53. The topological polar surface area (TPSA) is 250 Å². The highest BCUT2D eigenvalue weighted by Gasteiger charge is 2.23. The number of fused-ring (bicyclic) bond motifs is 2. The number of anilines is 3. The van der Waals surface area contributed by atoms with Crippen molar-refractivity contribution in [1.29, 1.82) is 0 Å². The Hall–Kier alpha value is -4.14. The van der Waals surface area contributed by atoms with Gasteiger partial charge < -0.3 is 15.7 Å². The van der Waals surface area contributed by atoms with Crippen LogP contribution in [-0.4, -0.2) is 59.9 Å². The highest BCUT2D eigenvalue weighted by Crippen LogP contribution is 2.39. The van der Waals surface area contributed by atoms with E-state index in [9.17, 15) is 48.8 Å². The first-order valence-electron chi connectivity index (χ1n) is 11.9. The number of hydrogen-bond acceptors (Lipinski definition) is 11. The van der Waals surface area contributed by atoms with Crippen molar-refractivity contribution in [3.63, 3.8) is 0 Å². The number of rotatable bonds is 7. The zero-order valence-electron chi connectivity index (χ0n) is 21.8. The first kappa shape index (κ1) is 32.3. The summed E-state index contributed by atoms with van der Waals surface area (Å²) >= 11 is 11.8. The van der Waals surface area contributed by atoms with Crippen molar-refractivity contribution in [2.24, 2.45) is 0 Å². The van der Waals surface area contributed by atoms with Crippen molar-refractivity contribution in [3.8, 4) is 5.75 Å². The minimum atomic E-state index is -4.97. The van der Waals surface area contributed by atoms with Crippen LogP contribution in [0.3, 0.4) is 0 Å². The van der Waals surface area contributed by atoms with Crippen LogP contribution in [0.1, 0.15) is 10.4 Å². The number of nitrogens with one attached hydrogen (secondary N) is 2. The number of phenolic OH excluding ortho intramolecular Hbond substituents is 1. The molecule has 0 unspecified atom stereocenters. The molecular formula is C25H16Cl2N4O11S3. The zero-order valence-corrected chi connectivity index (χ0v) is 25.8. The number of nitrogens with zero attached hydrogens (tertiary/aromatic N) is 2. The molecule has 4 aromatic carbocycles. The van der Waals surface area contributed by atoms with Gasteiger partial charge in [0.25, 0.3) is 36.3 Å². The molecule has 6 N–H and O–H groups in total. The van der Waals surface area contributed by atoms with Crippen LogP contribution in [0.25, 0.3) is 21.8 Å². The van der Waals surface area contributed by atoms with Gasteiger partial charge in [-0.15, -0.1) is 0 Å². The molecule has 5 aromatic rings. The summed E-state index contributed by atoms with van der Waals surface area (Å²) in [4.78, 5) is 18.8. The second kappa shape index (κ2) is 11.3. The molecule has 0 aliphatic heterocycles. The Morgan fingerprint density at radius 1 is 0.689 bits per heavy atom. The number of benzene rings is 4. The predicted molar refractivity (Wildman–Crippen MR) is 162 cm³/mol. The summed E-state index contributed by atoms with van der Waals surface area (Å²) in [5.41, 5.74) is -0.220. The smallest absolute Gasteiger partial charge is 0.296 e. The molecule has 1 amide bonds. The lowest BCUT2D eigenvalue weighted by Gasteiger charge is -2.17. The van der Waals surface area contributed by atoms with Gasteiger partial charge in [0, 0.05) is 22.7 Å². The first-order valence-corrected chi connectivity index (χ1v) is 17.0. The van der Waals surface area contributed by atoms with E-state index in [0.717, 1.165) is 36.4 Å². The molecule has 0 bridgehead atoms. The third-order valence-electron chi connectivity index (χ3n) is 6.20. The van der Waals surface area contributed by atoms with E-state index in [1.165, 1.54) is 18.2 Å². The van der Waals surface area contributed by atoms with Gasteiger partial charge in [-0.2, -0.15) is 25.3 Å². The summed E-state index contributed by atoms with van der Waals surface area (Å²) < 4.78 is 101. The summed E-state index contributed by atoms with van der Waals surface area (Å²) in [7, 11) is -14.8. The van der Waals surface area contributed by atoms with Crippen molar-refractivity contribution in [1.82, 2.24) is 9.97 Å². The Morgan fingerprint density at radius 2 is 1.29 bits per heavy atom. The molecule has 0 radical (unpaired) electrons. The summed E-state index contributed by atoms with van der Waals surface area (Å²) in [5.74, 6) is -1.51. The fourth-order valence-corrected chi connectivity index (χ4v) is 6.24. The zero-order chi connectivity index (χ0) is 33.1. The molecule has 0 atom stereocenters. The largest absolute Gasteiger partial charge is 0.507 e. The Balaban J connectivity index is 1.61. The summed E-state index contributed by atoms with van der Waals surface area (Å²) in [6.45, 7) is 0. The third kappa shape index (κ3) is 6.77. The lowest BCUT2D eigenvalue weighted by Crippen LogP contribution is -2.13. The Morgan fingerprint density at radius 3 is 1.89 bits per heavy atom. The van der Waals surface area contributed by atoms with Crippen molar-refractivity contribution in [2.45, 2.75) is 14.7 Å². The van der Waals surface area contributed by atoms with Gasteiger partial charge in [0.2, 0.25) is 0 Å². The maximum absolute atomic E-state index is 13.0. The van der Waals surface area contributed by atoms with Gasteiger partial charge in [-0.05, 0) is 60.0 Å². The van der Waals surface area contributed by atoms with E-state index in [1.807, 2.05) is 0 Å². The minimum absolute atomic E-state index is 0.0386. The number of halogens is 2. The molecule has 45 heavy (non-hydrogen) atoms. The molecule has 0 saturated carbocycles. The average Bonchev–Trinajstić information content (AvgIpc) is 2.91. The van der Waals surface area contributed by atoms with E-state index in [2.05, 4.69) is 20.6 Å². The van der Waals surface area contributed by atoms with E-state index in [-0.39, 0.29) is 37.8 Å². The highest BCUT2D eigenvalue weighted by molar-refractivity contribution is 7.86. The number of aromatic nitrogens is 2. The minimum Gasteiger partial charge on any atom is -0.507 e. The van der Waals surface area contributed by atoms with Crippen LogP contribution in [0.4, 0.5) is 17.1 Å². The number of carbonyl (C=O) groups excluding carboxylic acids is 1. The van der Waals surface area contributed by atoms with Crippen molar-refractivity contribution < 1.29 is 48.8 Å². The van der Waals surface area contributed by atoms with Gasteiger partial charge >= 0.3 is 0 Å². The van der Waals surface area contributed by atoms with E-state index in [4.69, 9.17) is 23.2 Å². The Bertz CT molecular complexity index is 2420. The fraction of sp³-hybridized carbons (Fsp3) is 0. The molecular weight excluding hydrogens is 699 g/mol. The molecule has 0 aliphatic rings. The van der Waals surface area contributed by atoms with Gasteiger partial charge in [0.15, 0.2) is 10.3 Å². The monoisotopic (exact) mass is 714 g/mol. The van der Waals surface area contributed by atoms with Crippen molar-refractivity contribution in [2.75, 3.05) is 10.6 Å². The molecule has 234 valence electrons. The van der Waals surface area contributed by atoms with Gasteiger partial charge in [-0.1, -0.05) is 23.2 Å². The summed E-state index contributed by atoms with van der Waals surface area (Å²) in [6.07, 6.45) is 0. The lowest BCUT2D eigenvalue weighted by atomic mass is 10.1. The molecule has 5 rings (SSSR count). The second-order valence-corrected chi connectivity index (χ2v) is 14.2. The molecule has 0 aliphatic carbocycles. The van der Waals surface area contributed by atoms with E-state index < -0.39 is 68.1 Å². The lowest BCUT2D eigenvalue weighted by molar-refractivity contribution is 0.102. The Labute approximate surface area is 263 Å². The van der Waals surface area contributed by atoms with Crippen molar-refractivity contribution in [3.05, 3.63) is 76.5 Å². The van der Waals surface area contributed by atoms with Crippen LogP contribution in [0, 0.1) is 0 Å². The van der Waals surface area contributed by atoms with Gasteiger partial charge in [0.05, 0.1) is 32.2 Å². The van der Waals surface area contributed by atoms with Gasteiger partial charge in [-0.3, -0.25) is 18.5 Å². The molecule has 0 fully saturated rings. The molecule has 1 aromatic heterocycles. The highest BCUT2D eigenvalue weighted by atomic mass is 35.5. The Kier molecular flexibility index (Phi) is 8.13. The second-order valence-electron chi connectivity index (χ2n) is 9.24. The average molecular weight is 716 g/mol. The van der Waals surface area contributed by atoms with Crippen LogP contribution >= 0.6 is 23.2 Å². The van der Waals surface area contributed by atoms with Crippen LogP contribution in [0.2, 0.25) is 10.3 Å². The number of carbonyl (C=O) groups is 1. The van der Waals surface area contributed by atoms with Crippen LogP contribution < -0.4 is 10.6 Å². The standard InChI is InChI=1S/C25H16Cl2N4O11S3/c26-23-24(27)31-17-7-11(1-3-16(17)30-23)25(33)28-13-2-4-21(45(40,41)42)18(8-13)29-19-9-14(43(34,35)36)5-12-6-15(44(37,38)39)10-20(32)22(12)19/h1-10,29,32H,(H,28,33)(H,34,35,36)(H,37,38,39)(H,40,41,42). The van der Waals surface area contributed by atoms with E-state index >= 15 is 0 Å². The van der Waals surface area contributed by atoms with Crippen LogP contribution in [0.5, 0.6) is 5.75 Å². The first-order chi connectivity index (χ1) is 20.8. The molecule has 15 nitrogen and oxygen atoms in total.